The number of nitrogens with zero attached hydrogens (tertiary/aromatic N) is 3. The van der Waals surface area contributed by atoms with Crippen molar-refractivity contribution in [2.75, 3.05) is 5.32 Å². The molecule has 0 aliphatic carbocycles. The molecule has 3 aromatic rings. The molecular formula is C18H14Cl2N4O2. The second-order valence-electron chi connectivity index (χ2n) is 5.53. The summed E-state index contributed by atoms with van der Waals surface area (Å²) in [5.41, 5.74) is 1.39. The van der Waals surface area contributed by atoms with E-state index in [9.17, 15) is 9.59 Å². The minimum absolute atomic E-state index is 0.309. The summed E-state index contributed by atoms with van der Waals surface area (Å²) in [6, 6.07) is 10.4. The van der Waals surface area contributed by atoms with Gasteiger partial charge in [0.25, 0.3) is 5.56 Å². The molecule has 1 N–H and O–H groups in total. The lowest BCUT2D eigenvalue weighted by Crippen LogP contribution is -2.33. The largest absolute Gasteiger partial charge is 0.323 e. The van der Waals surface area contributed by atoms with Crippen LogP contribution in [-0.2, 0) is 4.79 Å². The third-order valence-corrected chi connectivity index (χ3v) is 4.28. The van der Waals surface area contributed by atoms with Crippen molar-refractivity contribution in [1.82, 2.24) is 14.8 Å². The lowest BCUT2D eigenvalue weighted by atomic mass is 10.2. The number of anilines is 1. The molecular weight excluding hydrogens is 375 g/mol. The zero-order valence-corrected chi connectivity index (χ0v) is 15.2. The molecule has 0 aliphatic heterocycles. The third kappa shape index (κ3) is 3.92. The maximum atomic E-state index is 12.5. The van der Waals surface area contributed by atoms with Crippen molar-refractivity contribution < 1.29 is 4.79 Å². The van der Waals surface area contributed by atoms with Crippen molar-refractivity contribution in [2.24, 2.45) is 0 Å². The van der Waals surface area contributed by atoms with E-state index in [-0.39, 0.29) is 5.56 Å². The summed E-state index contributed by atoms with van der Waals surface area (Å²) in [6.07, 6.45) is 3.26. The van der Waals surface area contributed by atoms with Gasteiger partial charge in [-0.15, -0.1) is 0 Å². The fourth-order valence-electron chi connectivity index (χ4n) is 2.32. The Morgan fingerprint density at radius 1 is 1.12 bits per heavy atom. The maximum absolute atomic E-state index is 12.5. The Kier molecular flexibility index (Phi) is 5.35. The molecule has 1 atom stereocenters. The molecule has 26 heavy (non-hydrogen) atoms. The first-order valence-electron chi connectivity index (χ1n) is 7.72. The number of halogens is 2. The summed E-state index contributed by atoms with van der Waals surface area (Å²) in [4.78, 5) is 28.7. The first kappa shape index (κ1) is 18.1. The Labute approximate surface area is 159 Å². The lowest BCUT2D eigenvalue weighted by molar-refractivity contribution is -0.119. The number of aromatic nitrogens is 3. The Balaban J connectivity index is 1.88. The monoisotopic (exact) mass is 388 g/mol. The molecule has 0 saturated carbocycles. The van der Waals surface area contributed by atoms with E-state index in [0.29, 0.717) is 21.4 Å². The second-order valence-corrected chi connectivity index (χ2v) is 6.37. The fraction of sp³-hybridized carbons (Fsp3) is 0.111. The van der Waals surface area contributed by atoms with Gasteiger partial charge >= 0.3 is 0 Å². The van der Waals surface area contributed by atoms with E-state index in [1.165, 1.54) is 12.1 Å². The quantitative estimate of drug-likeness (QED) is 0.736. The van der Waals surface area contributed by atoms with Crippen LogP contribution in [0.3, 0.4) is 0 Å². The number of hydrogen-bond donors (Lipinski definition) is 1. The standard InChI is InChI=1S/C18H14Cl2N4O2/c1-11(18(26)22-16-3-2-13(19)10-14(16)20)24-17(25)5-4-15(23-24)12-6-8-21-9-7-12/h2-11H,1H3,(H,22,26). The molecule has 0 spiro atoms. The molecule has 1 unspecified atom stereocenters. The van der Waals surface area contributed by atoms with Crippen LogP contribution in [0.1, 0.15) is 13.0 Å². The number of carbonyl (C=O) groups excluding carboxylic acids is 1. The topological polar surface area (TPSA) is 76.9 Å². The Morgan fingerprint density at radius 2 is 1.85 bits per heavy atom. The first-order chi connectivity index (χ1) is 12.5. The SMILES string of the molecule is CC(C(=O)Nc1ccc(Cl)cc1Cl)n1nc(-c2ccncc2)ccc1=O. The molecule has 2 aromatic heterocycles. The average Bonchev–Trinajstić information content (AvgIpc) is 2.64. The van der Waals surface area contributed by atoms with Crippen LogP contribution >= 0.6 is 23.2 Å². The number of nitrogens with one attached hydrogen (secondary N) is 1. The van der Waals surface area contributed by atoms with Crippen LogP contribution in [0.4, 0.5) is 5.69 Å². The van der Waals surface area contributed by atoms with Gasteiger partial charge in [-0.1, -0.05) is 23.2 Å². The van der Waals surface area contributed by atoms with Gasteiger partial charge in [0, 0.05) is 29.0 Å². The normalized spacial score (nSPS) is 11.8. The third-order valence-electron chi connectivity index (χ3n) is 3.74. The van der Waals surface area contributed by atoms with E-state index in [1.54, 1.807) is 49.6 Å². The van der Waals surface area contributed by atoms with Crippen LogP contribution in [-0.4, -0.2) is 20.7 Å². The van der Waals surface area contributed by atoms with Crippen LogP contribution in [0.25, 0.3) is 11.3 Å². The van der Waals surface area contributed by atoms with E-state index in [2.05, 4.69) is 15.4 Å². The number of rotatable bonds is 4. The molecule has 8 heteroatoms. The Hall–Kier alpha value is -2.70. The van der Waals surface area contributed by atoms with Crippen molar-refractivity contribution in [3.63, 3.8) is 0 Å². The Morgan fingerprint density at radius 3 is 2.54 bits per heavy atom. The van der Waals surface area contributed by atoms with Crippen LogP contribution in [0, 0.1) is 0 Å². The smallest absolute Gasteiger partial charge is 0.267 e. The van der Waals surface area contributed by atoms with Crippen molar-refractivity contribution in [3.05, 3.63) is 75.3 Å². The van der Waals surface area contributed by atoms with Crippen molar-refractivity contribution in [2.45, 2.75) is 13.0 Å². The van der Waals surface area contributed by atoms with Gasteiger partial charge in [0.05, 0.1) is 16.4 Å². The number of hydrogen-bond acceptors (Lipinski definition) is 4. The molecule has 0 radical (unpaired) electrons. The van der Waals surface area contributed by atoms with Gasteiger partial charge in [-0.3, -0.25) is 14.6 Å². The lowest BCUT2D eigenvalue weighted by Gasteiger charge is -2.15. The highest BCUT2D eigenvalue weighted by Crippen LogP contribution is 2.26. The molecule has 0 aliphatic rings. The molecule has 6 nitrogen and oxygen atoms in total. The van der Waals surface area contributed by atoms with Gasteiger partial charge in [0.2, 0.25) is 5.91 Å². The molecule has 0 bridgehead atoms. The summed E-state index contributed by atoms with van der Waals surface area (Å²) in [5, 5.41) is 7.76. The summed E-state index contributed by atoms with van der Waals surface area (Å²) in [5.74, 6) is -0.421. The van der Waals surface area contributed by atoms with Gasteiger partial charge in [-0.2, -0.15) is 5.10 Å². The van der Waals surface area contributed by atoms with Gasteiger partial charge < -0.3 is 5.32 Å². The Bertz CT molecular complexity index is 1010. The molecule has 1 amide bonds. The fourth-order valence-corrected chi connectivity index (χ4v) is 2.77. The van der Waals surface area contributed by atoms with E-state index >= 15 is 0 Å². The van der Waals surface area contributed by atoms with Crippen molar-refractivity contribution >= 4 is 34.8 Å². The molecule has 3 rings (SSSR count). The number of amides is 1. The highest BCUT2D eigenvalue weighted by molar-refractivity contribution is 6.36. The average molecular weight is 389 g/mol. The minimum Gasteiger partial charge on any atom is -0.323 e. The summed E-state index contributed by atoms with van der Waals surface area (Å²) < 4.78 is 1.13. The van der Waals surface area contributed by atoms with E-state index in [0.717, 1.165) is 10.2 Å². The maximum Gasteiger partial charge on any atom is 0.267 e. The molecule has 1 aromatic carbocycles. The predicted molar refractivity (Wildman–Crippen MR) is 102 cm³/mol. The number of pyridine rings is 1. The van der Waals surface area contributed by atoms with Crippen LogP contribution < -0.4 is 10.9 Å². The highest BCUT2D eigenvalue weighted by atomic mass is 35.5. The van der Waals surface area contributed by atoms with Crippen LogP contribution in [0.2, 0.25) is 10.0 Å². The van der Waals surface area contributed by atoms with E-state index < -0.39 is 11.9 Å². The summed E-state index contributed by atoms with van der Waals surface area (Å²) >= 11 is 11.9. The van der Waals surface area contributed by atoms with Crippen LogP contribution in [0.5, 0.6) is 0 Å². The van der Waals surface area contributed by atoms with Gasteiger partial charge in [0.1, 0.15) is 6.04 Å². The number of carbonyl (C=O) groups is 1. The number of benzene rings is 1. The second kappa shape index (κ2) is 7.68. The van der Waals surface area contributed by atoms with Crippen LogP contribution in [0.15, 0.2) is 59.7 Å². The minimum atomic E-state index is -0.837. The molecule has 0 fully saturated rings. The van der Waals surface area contributed by atoms with E-state index in [4.69, 9.17) is 23.2 Å². The molecule has 0 saturated heterocycles. The van der Waals surface area contributed by atoms with Crippen molar-refractivity contribution in [3.8, 4) is 11.3 Å². The zero-order valence-electron chi connectivity index (χ0n) is 13.7. The molecule has 2 heterocycles. The van der Waals surface area contributed by atoms with E-state index in [1.807, 2.05) is 0 Å². The summed E-state index contributed by atoms with van der Waals surface area (Å²) in [7, 11) is 0. The first-order valence-corrected chi connectivity index (χ1v) is 8.47. The molecule has 132 valence electrons. The van der Waals surface area contributed by atoms with Gasteiger partial charge in [-0.25, -0.2) is 4.68 Å². The van der Waals surface area contributed by atoms with Crippen molar-refractivity contribution in [1.29, 1.82) is 0 Å². The van der Waals surface area contributed by atoms with Gasteiger partial charge in [-0.05, 0) is 43.3 Å². The highest BCUT2D eigenvalue weighted by Gasteiger charge is 2.19. The van der Waals surface area contributed by atoms with Gasteiger partial charge in [0.15, 0.2) is 0 Å². The zero-order chi connectivity index (χ0) is 18.7. The summed E-state index contributed by atoms with van der Waals surface area (Å²) in [6.45, 7) is 1.59. The predicted octanol–water partition coefficient (Wildman–Crippen LogP) is 3.81.